The second-order valence-electron chi connectivity index (χ2n) is 5.98. The molecule has 2 N–H and O–H groups in total. The van der Waals surface area contributed by atoms with Crippen LogP contribution in [0.15, 0.2) is 0 Å². The lowest BCUT2D eigenvalue weighted by Gasteiger charge is -2.43. The lowest BCUT2D eigenvalue weighted by molar-refractivity contribution is -0.121. The van der Waals surface area contributed by atoms with E-state index in [2.05, 4.69) is 41.3 Å². The van der Waals surface area contributed by atoms with E-state index in [0.717, 1.165) is 45.8 Å². The zero-order chi connectivity index (χ0) is 14.3. The number of nitrogens with zero attached hydrogens (tertiary/aromatic N) is 2. The quantitative estimate of drug-likeness (QED) is 0.646. The molecule has 0 aromatic carbocycles. The number of piperazine rings is 1. The van der Waals surface area contributed by atoms with Crippen LogP contribution < -0.4 is 10.6 Å². The van der Waals surface area contributed by atoms with E-state index < -0.39 is 0 Å². The van der Waals surface area contributed by atoms with Gasteiger partial charge < -0.3 is 15.5 Å². The van der Waals surface area contributed by atoms with Gasteiger partial charge in [-0.1, -0.05) is 6.92 Å². The molecule has 1 heterocycles. The molecule has 0 aliphatic carbocycles. The summed E-state index contributed by atoms with van der Waals surface area (Å²) in [6, 6.07) is 0. The van der Waals surface area contributed by atoms with Crippen molar-refractivity contribution in [3.05, 3.63) is 0 Å². The van der Waals surface area contributed by atoms with Crippen LogP contribution in [0.5, 0.6) is 0 Å². The smallest absolute Gasteiger partial charge is 0.221 e. The van der Waals surface area contributed by atoms with Crippen LogP contribution in [0, 0.1) is 0 Å². The van der Waals surface area contributed by atoms with Gasteiger partial charge in [0.25, 0.3) is 0 Å². The zero-order valence-electron chi connectivity index (χ0n) is 13.0. The third kappa shape index (κ3) is 5.89. The Hall–Kier alpha value is -0.650. The molecule has 0 aromatic rings. The number of carbonyl (C=O) groups excluding carboxylic acids is 1. The summed E-state index contributed by atoms with van der Waals surface area (Å²) in [5.74, 6) is 0.142. The molecule has 0 unspecified atom stereocenters. The summed E-state index contributed by atoms with van der Waals surface area (Å²) in [5.41, 5.74) is 0.0368. The van der Waals surface area contributed by atoms with Gasteiger partial charge in [0.1, 0.15) is 0 Å². The van der Waals surface area contributed by atoms with Gasteiger partial charge >= 0.3 is 0 Å². The maximum Gasteiger partial charge on any atom is 0.221 e. The minimum absolute atomic E-state index is 0.0368. The Labute approximate surface area is 117 Å². The predicted molar refractivity (Wildman–Crippen MR) is 79.3 cm³/mol. The summed E-state index contributed by atoms with van der Waals surface area (Å²) >= 11 is 0. The fourth-order valence-corrected chi connectivity index (χ4v) is 2.31. The van der Waals surface area contributed by atoms with Gasteiger partial charge in [-0.2, -0.15) is 0 Å². The summed E-state index contributed by atoms with van der Waals surface area (Å²) in [7, 11) is 2.16. The highest BCUT2D eigenvalue weighted by Gasteiger charge is 2.29. The van der Waals surface area contributed by atoms with Crippen molar-refractivity contribution in [3.63, 3.8) is 0 Å². The monoisotopic (exact) mass is 270 g/mol. The average molecular weight is 270 g/mol. The highest BCUT2D eigenvalue weighted by Crippen LogP contribution is 2.15. The molecule has 0 saturated carbocycles. The van der Waals surface area contributed by atoms with E-state index in [1.165, 1.54) is 0 Å². The minimum Gasteiger partial charge on any atom is -0.354 e. The maximum absolute atomic E-state index is 11.7. The van der Waals surface area contributed by atoms with E-state index >= 15 is 0 Å². The Bertz CT molecular complexity index is 273. The molecule has 1 rings (SSSR count). The van der Waals surface area contributed by atoms with Crippen LogP contribution >= 0.6 is 0 Å². The number of carbonyl (C=O) groups is 1. The van der Waals surface area contributed by atoms with Gasteiger partial charge in [-0.15, -0.1) is 0 Å². The first-order valence-corrected chi connectivity index (χ1v) is 7.36. The van der Waals surface area contributed by atoms with Gasteiger partial charge in [0.05, 0.1) is 0 Å². The number of hydrogen-bond acceptors (Lipinski definition) is 4. The Kier molecular flexibility index (Phi) is 6.75. The highest BCUT2D eigenvalue weighted by molar-refractivity contribution is 5.76. The fraction of sp³-hybridized carbons (Fsp3) is 0.929. The van der Waals surface area contributed by atoms with Crippen LogP contribution in [0.25, 0.3) is 0 Å². The van der Waals surface area contributed by atoms with E-state index in [1.807, 2.05) is 6.92 Å². The Morgan fingerprint density at radius 2 is 1.84 bits per heavy atom. The number of rotatable bonds is 7. The molecule has 0 aromatic heterocycles. The van der Waals surface area contributed by atoms with E-state index in [-0.39, 0.29) is 11.4 Å². The summed E-state index contributed by atoms with van der Waals surface area (Å²) in [6.07, 6.45) is 0.562. The van der Waals surface area contributed by atoms with E-state index in [1.54, 1.807) is 0 Å². The van der Waals surface area contributed by atoms with Crippen LogP contribution in [0.3, 0.4) is 0 Å². The molecular formula is C14H30N4O. The molecule has 5 nitrogen and oxygen atoms in total. The number of nitrogens with one attached hydrogen (secondary N) is 2. The maximum atomic E-state index is 11.7. The Morgan fingerprint density at radius 3 is 2.42 bits per heavy atom. The summed E-state index contributed by atoms with van der Waals surface area (Å²) < 4.78 is 0. The first-order chi connectivity index (χ1) is 8.95. The highest BCUT2D eigenvalue weighted by atomic mass is 16.1. The summed E-state index contributed by atoms with van der Waals surface area (Å²) in [4.78, 5) is 16.5. The Balaban J connectivity index is 2.27. The number of amides is 1. The van der Waals surface area contributed by atoms with Crippen LogP contribution in [-0.2, 0) is 4.79 Å². The third-order valence-corrected chi connectivity index (χ3v) is 3.86. The molecular weight excluding hydrogens is 240 g/mol. The zero-order valence-corrected chi connectivity index (χ0v) is 13.0. The number of hydrogen-bond donors (Lipinski definition) is 2. The van der Waals surface area contributed by atoms with Crippen LogP contribution in [-0.4, -0.2) is 74.1 Å². The first kappa shape index (κ1) is 16.4. The molecule has 1 amide bonds. The van der Waals surface area contributed by atoms with Crippen molar-refractivity contribution in [2.75, 3.05) is 52.9 Å². The van der Waals surface area contributed by atoms with Crippen molar-refractivity contribution in [1.29, 1.82) is 0 Å². The average Bonchev–Trinajstić information content (AvgIpc) is 2.37. The largest absolute Gasteiger partial charge is 0.354 e. The molecule has 0 bridgehead atoms. The Morgan fingerprint density at radius 1 is 1.21 bits per heavy atom. The van der Waals surface area contributed by atoms with Crippen LogP contribution in [0.4, 0.5) is 0 Å². The second kappa shape index (κ2) is 7.82. The lowest BCUT2D eigenvalue weighted by Crippen LogP contribution is -2.57. The molecule has 1 aliphatic heterocycles. The normalized spacial score (nSPS) is 18.5. The summed E-state index contributed by atoms with van der Waals surface area (Å²) in [6.45, 7) is 13.3. The molecule has 1 aliphatic rings. The van der Waals surface area contributed by atoms with Gasteiger partial charge in [0, 0.05) is 51.2 Å². The van der Waals surface area contributed by atoms with Crippen LogP contribution in [0.2, 0.25) is 0 Å². The van der Waals surface area contributed by atoms with Crippen LogP contribution in [0.1, 0.15) is 27.2 Å². The van der Waals surface area contributed by atoms with Crippen molar-refractivity contribution in [3.8, 4) is 0 Å². The molecule has 5 heteroatoms. The fourth-order valence-electron chi connectivity index (χ4n) is 2.31. The minimum atomic E-state index is 0.0368. The SMILES string of the molecule is CCNCCC(=O)NCC(C)(C)N1CCN(C)CC1. The lowest BCUT2D eigenvalue weighted by atomic mass is 10.0. The van der Waals surface area contributed by atoms with E-state index in [4.69, 9.17) is 0 Å². The van der Waals surface area contributed by atoms with Crippen molar-refractivity contribution in [1.82, 2.24) is 20.4 Å². The van der Waals surface area contributed by atoms with Gasteiger partial charge in [-0.05, 0) is 27.4 Å². The van der Waals surface area contributed by atoms with Gasteiger partial charge in [0.2, 0.25) is 5.91 Å². The summed E-state index contributed by atoms with van der Waals surface area (Å²) in [5, 5.41) is 6.22. The third-order valence-electron chi connectivity index (χ3n) is 3.86. The first-order valence-electron chi connectivity index (χ1n) is 7.36. The second-order valence-corrected chi connectivity index (χ2v) is 5.98. The van der Waals surface area contributed by atoms with Gasteiger partial charge in [0.15, 0.2) is 0 Å². The topological polar surface area (TPSA) is 47.6 Å². The van der Waals surface area contributed by atoms with E-state index in [0.29, 0.717) is 6.42 Å². The van der Waals surface area contributed by atoms with Gasteiger partial charge in [-0.25, -0.2) is 0 Å². The van der Waals surface area contributed by atoms with Crippen molar-refractivity contribution in [2.45, 2.75) is 32.7 Å². The molecule has 1 fully saturated rings. The molecule has 0 atom stereocenters. The molecule has 112 valence electrons. The molecule has 19 heavy (non-hydrogen) atoms. The van der Waals surface area contributed by atoms with Crippen molar-refractivity contribution >= 4 is 5.91 Å². The van der Waals surface area contributed by atoms with Crippen molar-refractivity contribution in [2.24, 2.45) is 0 Å². The standard InChI is InChI=1S/C14H30N4O/c1-5-15-7-6-13(19)16-12-14(2,3)18-10-8-17(4)9-11-18/h15H,5-12H2,1-4H3,(H,16,19). The molecule has 0 spiro atoms. The predicted octanol–water partition coefficient (Wildman–Crippen LogP) is 0.128. The van der Waals surface area contributed by atoms with E-state index in [9.17, 15) is 4.79 Å². The number of likely N-dealkylation sites (N-methyl/N-ethyl adjacent to an activating group) is 1. The molecule has 1 saturated heterocycles. The van der Waals surface area contributed by atoms with Crippen molar-refractivity contribution < 1.29 is 4.79 Å². The van der Waals surface area contributed by atoms with Gasteiger partial charge in [-0.3, -0.25) is 9.69 Å². The molecule has 0 radical (unpaired) electrons.